The molecular formula is C15H31N. The molecule has 0 radical (unpaired) electrons. The molecule has 1 atom stereocenters. The van der Waals surface area contributed by atoms with Gasteiger partial charge in [0, 0.05) is 12.2 Å². The van der Waals surface area contributed by atoms with E-state index in [1.807, 2.05) is 6.92 Å². The van der Waals surface area contributed by atoms with Crippen molar-refractivity contribution in [3.05, 3.63) is 12.3 Å². The monoisotopic (exact) mass is 225 g/mol. The van der Waals surface area contributed by atoms with Gasteiger partial charge < -0.3 is 5.32 Å². The Hall–Kier alpha value is -0.460. The molecule has 0 saturated carbocycles. The molecule has 0 aromatic heterocycles. The van der Waals surface area contributed by atoms with Crippen LogP contribution in [0.25, 0.3) is 0 Å². The van der Waals surface area contributed by atoms with Crippen molar-refractivity contribution in [1.82, 2.24) is 5.32 Å². The molecule has 1 nitrogen and oxygen atoms in total. The largest absolute Gasteiger partial charge is 0.388 e. The summed E-state index contributed by atoms with van der Waals surface area (Å²) in [6.07, 6.45) is 2.46. The smallest absolute Gasteiger partial charge is 0.0205 e. The van der Waals surface area contributed by atoms with Crippen molar-refractivity contribution in [2.45, 2.75) is 61.3 Å². The third-order valence-corrected chi connectivity index (χ3v) is 4.97. The fourth-order valence-corrected chi connectivity index (χ4v) is 2.51. The highest BCUT2D eigenvalue weighted by Gasteiger charge is 2.43. The van der Waals surface area contributed by atoms with E-state index in [1.54, 1.807) is 0 Å². The van der Waals surface area contributed by atoms with Crippen molar-refractivity contribution >= 4 is 0 Å². The van der Waals surface area contributed by atoms with Gasteiger partial charge in [0.15, 0.2) is 0 Å². The van der Waals surface area contributed by atoms with Gasteiger partial charge in [0.1, 0.15) is 0 Å². The Morgan fingerprint density at radius 3 is 1.88 bits per heavy atom. The minimum absolute atomic E-state index is 0.315. The minimum Gasteiger partial charge on any atom is -0.388 e. The van der Waals surface area contributed by atoms with Crippen molar-refractivity contribution in [3.8, 4) is 0 Å². The lowest BCUT2D eigenvalue weighted by Crippen LogP contribution is -2.47. The van der Waals surface area contributed by atoms with E-state index in [-0.39, 0.29) is 0 Å². The topological polar surface area (TPSA) is 12.0 Å². The molecule has 0 bridgehead atoms. The van der Waals surface area contributed by atoms with Crippen LogP contribution in [-0.4, -0.2) is 6.54 Å². The molecule has 1 unspecified atom stereocenters. The summed E-state index contributed by atoms with van der Waals surface area (Å²) >= 11 is 0. The molecule has 1 heteroatoms. The summed E-state index contributed by atoms with van der Waals surface area (Å²) in [5.74, 6) is 0.671. The lowest BCUT2D eigenvalue weighted by Gasteiger charge is -2.49. The molecule has 0 aromatic rings. The van der Waals surface area contributed by atoms with Gasteiger partial charge in [-0.1, -0.05) is 61.0 Å². The Bertz CT molecular complexity index is 226. The summed E-state index contributed by atoms with van der Waals surface area (Å²) < 4.78 is 0. The number of allylic oxidation sites excluding steroid dienone is 1. The molecule has 1 N–H and O–H groups in total. The van der Waals surface area contributed by atoms with Crippen LogP contribution in [0.1, 0.15) is 61.3 Å². The molecule has 16 heavy (non-hydrogen) atoms. The fourth-order valence-electron chi connectivity index (χ4n) is 2.51. The van der Waals surface area contributed by atoms with Crippen LogP contribution in [0.5, 0.6) is 0 Å². The molecule has 0 aliphatic carbocycles. The highest BCUT2D eigenvalue weighted by molar-refractivity contribution is 4.97. The Balaban J connectivity index is 5.00. The molecule has 0 aliphatic heterocycles. The molecule has 0 amide bonds. The summed E-state index contributed by atoms with van der Waals surface area (Å²) in [6.45, 7) is 21.1. The van der Waals surface area contributed by atoms with Crippen LogP contribution in [0.2, 0.25) is 0 Å². The van der Waals surface area contributed by atoms with E-state index in [0.717, 1.165) is 12.2 Å². The standard InChI is InChI=1S/C15H31N/c1-9-14(7,10-2)15(8,12(3)4)11-16-13(5)6/h12,16H,5,9-11H2,1-4,6-8H3. The zero-order chi connectivity index (χ0) is 13.0. The molecule has 0 heterocycles. The zero-order valence-electron chi connectivity index (χ0n) is 12.4. The third-order valence-electron chi connectivity index (χ3n) is 4.97. The van der Waals surface area contributed by atoms with Gasteiger partial charge in [-0.2, -0.15) is 0 Å². The average Bonchev–Trinajstić information content (AvgIpc) is 2.24. The third kappa shape index (κ3) is 3.02. The molecule has 0 aromatic carbocycles. The van der Waals surface area contributed by atoms with E-state index in [4.69, 9.17) is 0 Å². The highest BCUT2D eigenvalue weighted by atomic mass is 14.9. The maximum Gasteiger partial charge on any atom is 0.0205 e. The van der Waals surface area contributed by atoms with Crippen LogP contribution in [0.3, 0.4) is 0 Å². The maximum absolute atomic E-state index is 3.94. The van der Waals surface area contributed by atoms with Crippen molar-refractivity contribution in [3.63, 3.8) is 0 Å². The molecule has 0 spiro atoms. The number of rotatable bonds is 7. The average molecular weight is 225 g/mol. The summed E-state index contributed by atoms with van der Waals surface area (Å²) in [5.41, 5.74) is 1.78. The van der Waals surface area contributed by atoms with Crippen molar-refractivity contribution < 1.29 is 0 Å². The number of hydrogen-bond acceptors (Lipinski definition) is 1. The van der Waals surface area contributed by atoms with E-state index in [1.165, 1.54) is 12.8 Å². The first-order valence-corrected chi connectivity index (χ1v) is 6.63. The maximum atomic E-state index is 3.94. The minimum atomic E-state index is 0.315. The molecular weight excluding hydrogens is 194 g/mol. The predicted molar refractivity (Wildman–Crippen MR) is 74.5 cm³/mol. The Kier molecular flexibility index (Phi) is 5.58. The van der Waals surface area contributed by atoms with Crippen molar-refractivity contribution in [2.75, 3.05) is 6.54 Å². The number of hydrogen-bond donors (Lipinski definition) is 1. The van der Waals surface area contributed by atoms with Crippen molar-refractivity contribution in [1.29, 1.82) is 0 Å². The van der Waals surface area contributed by atoms with Crippen LogP contribution < -0.4 is 5.32 Å². The summed E-state index contributed by atoms with van der Waals surface area (Å²) in [5, 5.41) is 3.45. The van der Waals surface area contributed by atoms with Gasteiger partial charge in [-0.05, 0) is 23.7 Å². The zero-order valence-corrected chi connectivity index (χ0v) is 12.4. The van der Waals surface area contributed by atoms with Crippen molar-refractivity contribution in [2.24, 2.45) is 16.7 Å². The summed E-state index contributed by atoms with van der Waals surface area (Å²) in [6, 6.07) is 0. The molecule has 0 aliphatic rings. The molecule has 0 fully saturated rings. The fraction of sp³-hybridized carbons (Fsp3) is 0.867. The first-order chi connectivity index (χ1) is 7.23. The van der Waals surface area contributed by atoms with Crippen LogP contribution >= 0.6 is 0 Å². The van der Waals surface area contributed by atoms with Gasteiger partial charge in [-0.15, -0.1) is 0 Å². The van der Waals surface area contributed by atoms with Gasteiger partial charge in [-0.3, -0.25) is 0 Å². The molecule has 0 rings (SSSR count). The van der Waals surface area contributed by atoms with Gasteiger partial charge in [0.2, 0.25) is 0 Å². The first kappa shape index (κ1) is 15.5. The second-order valence-electron chi connectivity index (χ2n) is 5.97. The van der Waals surface area contributed by atoms with Gasteiger partial charge >= 0.3 is 0 Å². The lowest BCUT2D eigenvalue weighted by molar-refractivity contribution is 0.0147. The van der Waals surface area contributed by atoms with Crippen LogP contribution in [0.4, 0.5) is 0 Å². The summed E-state index contributed by atoms with van der Waals surface area (Å²) in [7, 11) is 0. The van der Waals surface area contributed by atoms with E-state index in [2.05, 4.69) is 53.4 Å². The van der Waals surface area contributed by atoms with Gasteiger partial charge in [0.25, 0.3) is 0 Å². The second kappa shape index (κ2) is 5.75. The molecule has 0 saturated heterocycles. The predicted octanol–water partition coefficient (Wildman–Crippen LogP) is 4.60. The first-order valence-electron chi connectivity index (χ1n) is 6.63. The summed E-state index contributed by atoms with van der Waals surface area (Å²) in [4.78, 5) is 0. The van der Waals surface area contributed by atoms with E-state index in [0.29, 0.717) is 16.7 Å². The SMILES string of the molecule is C=C(C)NCC(C)(C(C)C)C(C)(CC)CC. The normalized spacial score (nSPS) is 16.0. The lowest BCUT2D eigenvalue weighted by atomic mass is 9.57. The highest BCUT2D eigenvalue weighted by Crippen LogP contribution is 2.49. The van der Waals surface area contributed by atoms with E-state index >= 15 is 0 Å². The Labute approximate surface area is 103 Å². The van der Waals surface area contributed by atoms with E-state index < -0.39 is 0 Å². The van der Waals surface area contributed by atoms with E-state index in [9.17, 15) is 0 Å². The second-order valence-corrected chi connectivity index (χ2v) is 5.97. The van der Waals surface area contributed by atoms with Crippen LogP contribution in [-0.2, 0) is 0 Å². The van der Waals surface area contributed by atoms with Crippen LogP contribution in [0.15, 0.2) is 12.3 Å². The Morgan fingerprint density at radius 2 is 1.62 bits per heavy atom. The van der Waals surface area contributed by atoms with Gasteiger partial charge in [-0.25, -0.2) is 0 Å². The Morgan fingerprint density at radius 1 is 1.19 bits per heavy atom. The number of nitrogens with one attached hydrogen (secondary N) is 1. The van der Waals surface area contributed by atoms with Crippen LogP contribution in [0, 0.1) is 16.7 Å². The molecule has 96 valence electrons. The quantitative estimate of drug-likeness (QED) is 0.668. The van der Waals surface area contributed by atoms with Gasteiger partial charge in [0.05, 0.1) is 0 Å².